The second kappa shape index (κ2) is 4.89. The van der Waals surface area contributed by atoms with E-state index in [1.807, 2.05) is 6.07 Å². The molecule has 1 aliphatic rings. The van der Waals surface area contributed by atoms with Gasteiger partial charge in [0, 0.05) is 19.4 Å². The van der Waals surface area contributed by atoms with Crippen molar-refractivity contribution in [3.8, 4) is 0 Å². The molecule has 0 radical (unpaired) electrons. The molecule has 0 bridgehead atoms. The average molecular weight is 256 g/mol. The summed E-state index contributed by atoms with van der Waals surface area (Å²) in [5, 5.41) is 12.5. The molecule has 2 heterocycles. The van der Waals surface area contributed by atoms with E-state index in [-0.39, 0.29) is 5.84 Å². The number of halogens is 1. The van der Waals surface area contributed by atoms with Crippen LogP contribution in [0.4, 0.5) is 0 Å². The third-order valence-electron chi connectivity index (χ3n) is 3.22. The molecule has 1 aromatic rings. The first-order valence-electron chi connectivity index (χ1n) is 5.37. The molecule has 92 valence electrons. The third kappa shape index (κ3) is 2.21. The predicted octanol–water partition coefficient (Wildman–Crippen LogP) is 1.53. The molecule has 1 fully saturated rings. The van der Waals surface area contributed by atoms with Gasteiger partial charge in [-0.05, 0) is 24.5 Å². The fourth-order valence-corrected chi connectivity index (χ4v) is 2.28. The molecule has 2 rings (SSSR count). The Hall–Kier alpha value is -1.33. The summed E-state index contributed by atoms with van der Waals surface area (Å²) in [7, 11) is 0. The smallest absolute Gasteiger partial charge is 0.150 e. The van der Waals surface area contributed by atoms with Crippen LogP contribution in [0.25, 0.3) is 0 Å². The Kier molecular flexibility index (Phi) is 3.49. The van der Waals surface area contributed by atoms with E-state index in [1.54, 1.807) is 12.3 Å². The van der Waals surface area contributed by atoms with Crippen molar-refractivity contribution in [1.82, 2.24) is 4.98 Å². The van der Waals surface area contributed by atoms with Crippen LogP contribution in [0.2, 0.25) is 5.15 Å². The minimum Gasteiger partial charge on any atom is -0.409 e. The molecule has 0 atom stereocenters. The van der Waals surface area contributed by atoms with Crippen LogP contribution in [0.15, 0.2) is 23.5 Å². The first kappa shape index (κ1) is 12.1. The van der Waals surface area contributed by atoms with Crippen molar-refractivity contribution in [3.63, 3.8) is 0 Å². The van der Waals surface area contributed by atoms with E-state index in [2.05, 4.69) is 10.1 Å². The Bertz CT molecular complexity index is 413. The molecule has 1 saturated heterocycles. The first-order valence-corrected chi connectivity index (χ1v) is 5.74. The minimum absolute atomic E-state index is 0.199. The van der Waals surface area contributed by atoms with Gasteiger partial charge in [0.1, 0.15) is 11.0 Å². The zero-order valence-electron chi connectivity index (χ0n) is 9.27. The normalized spacial score (nSPS) is 20.2. The summed E-state index contributed by atoms with van der Waals surface area (Å²) >= 11 is 5.76. The molecule has 0 aromatic carbocycles. The summed E-state index contributed by atoms with van der Waals surface area (Å²) in [6.45, 7) is 1.16. The van der Waals surface area contributed by atoms with Crippen LogP contribution in [0.5, 0.6) is 0 Å². The number of hydrogen-bond acceptors (Lipinski definition) is 4. The zero-order valence-corrected chi connectivity index (χ0v) is 10.0. The number of nitrogens with two attached hydrogens (primary N) is 1. The standard InChI is InChI=1S/C11H14ClN3O2/c12-9-2-1-8(7-14-9)11(10(13)15-16)3-5-17-6-4-11/h1-2,7,16H,3-6H2,(H2,13,15). The number of rotatable bonds is 2. The Morgan fingerprint density at radius 3 is 2.71 bits per heavy atom. The molecule has 0 amide bonds. The zero-order chi connectivity index (χ0) is 12.3. The Labute approximate surface area is 104 Å². The summed E-state index contributed by atoms with van der Waals surface area (Å²) < 4.78 is 5.33. The molecule has 1 aromatic heterocycles. The van der Waals surface area contributed by atoms with Gasteiger partial charge in [-0.15, -0.1) is 0 Å². The van der Waals surface area contributed by atoms with E-state index in [1.165, 1.54) is 0 Å². The molecular weight excluding hydrogens is 242 g/mol. The number of amidine groups is 1. The maximum Gasteiger partial charge on any atom is 0.150 e. The fraction of sp³-hybridized carbons (Fsp3) is 0.455. The summed E-state index contributed by atoms with van der Waals surface area (Å²) in [4.78, 5) is 4.05. The van der Waals surface area contributed by atoms with Crippen LogP contribution in [-0.2, 0) is 10.2 Å². The van der Waals surface area contributed by atoms with Crippen LogP contribution >= 0.6 is 11.6 Å². The maximum absolute atomic E-state index is 8.94. The lowest BCUT2D eigenvalue weighted by Crippen LogP contribution is -2.45. The number of aromatic nitrogens is 1. The lowest BCUT2D eigenvalue weighted by Gasteiger charge is -2.36. The van der Waals surface area contributed by atoms with Gasteiger partial charge in [-0.2, -0.15) is 0 Å². The highest BCUT2D eigenvalue weighted by molar-refractivity contribution is 6.29. The van der Waals surface area contributed by atoms with Crippen molar-refractivity contribution in [2.24, 2.45) is 10.9 Å². The quantitative estimate of drug-likeness (QED) is 0.276. The van der Waals surface area contributed by atoms with Gasteiger partial charge in [0.25, 0.3) is 0 Å². The number of pyridine rings is 1. The maximum atomic E-state index is 8.94. The third-order valence-corrected chi connectivity index (χ3v) is 3.45. The lowest BCUT2D eigenvalue weighted by atomic mass is 9.74. The van der Waals surface area contributed by atoms with Crippen LogP contribution in [0.3, 0.4) is 0 Å². The minimum atomic E-state index is -0.495. The van der Waals surface area contributed by atoms with Gasteiger partial charge < -0.3 is 15.7 Å². The molecule has 0 aliphatic carbocycles. The van der Waals surface area contributed by atoms with Gasteiger partial charge in [0.15, 0.2) is 0 Å². The highest BCUT2D eigenvalue weighted by Crippen LogP contribution is 2.35. The highest BCUT2D eigenvalue weighted by Gasteiger charge is 2.39. The monoisotopic (exact) mass is 255 g/mol. The molecule has 3 N–H and O–H groups in total. The molecule has 5 nitrogen and oxygen atoms in total. The molecular formula is C11H14ClN3O2. The highest BCUT2D eigenvalue weighted by atomic mass is 35.5. The summed E-state index contributed by atoms with van der Waals surface area (Å²) in [6.07, 6.45) is 3.02. The van der Waals surface area contributed by atoms with Gasteiger partial charge in [0.05, 0.1) is 5.41 Å². The van der Waals surface area contributed by atoms with E-state index in [4.69, 9.17) is 27.3 Å². The molecule has 0 saturated carbocycles. The summed E-state index contributed by atoms with van der Waals surface area (Å²) in [5.41, 5.74) is 6.24. The van der Waals surface area contributed by atoms with E-state index in [0.717, 1.165) is 5.56 Å². The van der Waals surface area contributed by atoms with E-state index in [9.17, 15) is 0 Å². The molecule has 6 heteroatoms. The van der Waals surface area contributed by atoms with Crippen molar-refractivity contribution in [2.75, 3.05) is 13.2 Å². The van der Waals surface area contributed by atoms with Crippen molar-refractivity contribution in [1.29, 1.82) is 0 Å². The second-order valence-electron chi connectivity index (χ2n) is 4.05. The first-order chi connectivity index (χ1) is 8.19. The molecule has 17 heavy (non-hydrogen) atoms. The number of hydrogen-bond donors (Lipinski definition) is 2. The number of oxime groups is 1. The van der Waals surface area contributed by atoms with Gasteiger partial charge >= 0.3 is 0 Å². The largest absolute Gasteiger partial charge is 0.409 e. The second-order valence-corrected chi connectivity index (χ2v) is 4.44. The van der Waals surface area contributed by atoms with Crippen molar-refractivity contribution in [2.45, 2.75) is 18.3 Å². The van der Waals surface area contributed by atoms with E-state index < -0.39 is 5.41 Å². The summed E-state index contributed by atoms with van der Waals surface area (Å²) in [5.74, 6) is 0.199. The molecule has 0 unspecified atom stereocenters. The Balaban J connectivity index is 2.42. The van der Waals surface area contributed by atoms with E-state index in [0.29, 0.717) is 31.2 Å². The van der Waals surface area contributed by atoms with Crippen molar-refractivity contribution < 1.29 is 9.94 Å². The van der Waals surface area contributed by atoms with Gasteiger partial charge in [0.2, 0.25) is 0 Å². The van der Waals surface area contributed by atoms with E-state index >= 15 is 0 Å². The van der Waals surface area contributed by atoms with Gasteiger partial charge in [-0.25, -0.2) is 4.98 Å². The van der Waals surface area contributed by atoms with Gasteiger partial charge in [-0.3, -0.25) is 0 Å². The van der Waals surface area contributed by atoms with Crippen molar-refractivity contribution in [3.05, 3.63) is 29.0 Å². The van der Waals surface area contributed by atoms with Crippen LogP contribution in [0.1, 0.15) is 18.4 Å². The number of ether oxygens (including phenoxy) is 1. The fourth-order valence-electron chi connectivity index (χ4n) is 2.17. The number of nitrogens with zero attached hydrogens (tertiary/aromatic N) is 2. The van der Waals surface area contributed by atoms with Crippen LogP contribution in [-0.4, -0.2) is 29.2 Å². The SMILES string of the molecule is N/C(=N\O)C1(c2ccc(Cl)nc2)CCOCC1. The Morgan fingerprint density at radius 2 is 2.18 bits per heavy atom. The Morgan fingerprint density at radius 1 is 1.47 bits per heavy atom. The lowest BCUT2D eigenvalue weighted by molar-refractivity contribution is 0.0694. The molecule has 0 spiro atoms. The summed E-state index contributed by atoms with van der Waals surface area (Å²) in [6, 6.07) is 3.57. The van der Waals surface area contributed by atoms with Crippen molar-refractivity contribution >= 4 is 17.4 Å². The van der Waals surface area contributed by atoms with Crippen LogP contribution in [0, 0.1) is 0 Å². The predicted molar refractivity (Wildman–Crippen MR) is 64.4 cm³/mol. The topological polar surface area (TPSA) is 80.7 Å². The average Bonchev–Trinajstić information content (AvgIpc) is 2.39. The van der Waals surface area contributed by atoms with Crippen LogP contribution < -0.4 is 5.73 Å². The van der Waals surface area contributed by atoms with Gasteiger partial charge in [-0.1, -0.05) is 22.8 Å². The molecule has 1 aliphatic heterocycles.